The van der Waals surface area contributed by atoms with Gasteiger partial charge in [-0.25, -0.2) is 8.78 Å². The molecule has 1 heterocycles. The average molecular weight is 478 g/mol. The lowest BCUT2D eigenvalue weighted by Gasteiger charge is -2.36. The molecule has 2 aliphatic rings. The molecule has 1 saturated heterocycles. The predicted octanol–water partition coefficient (Wildman–Crippen LogP) is 3.90. The Balaban J connectivity index is 0.00000306. The summed E-state index contributed by atoms with van der Waals surface area (Å²) in [5.41, 5.74) is 2.87. The van der Waals surface area contributed by atoms with Gasteiger partial charge in [-0.2, -0.15) is 0 Å². The Morgan fingerprint density at radius 1 is 1.06 bits per heavy atom. The number of hydrogen-bond acceptors (Lipinski definition) is 3. The van der Waals surface area contributed by atoms with Crippen LogP contribution in [0, 0.1) is 31.4 Å². The highest BCUT2D eigenvalue weighted by Crippen LogP contribution is 2.32. The predicted molar refractivity (Wildman–Crippen MR) is 125 cm³/mol. The first kappa shape index (κ1) is 25.1. The molecule has 0 spiro atoms. The van der Waals surface area contributed by atoms with Gasteiger partial charge in [0.1, 0.15) is 17.2 Å². The van der Waals surface area contributed by atoms with E-state index in [1.165, 1.54) is 17.2 Å². The van der Waals surface area contributed by atoms with Crippen LogP contribution in [0.15, 0.2) is 36.4 Å². The molecule has 2 aromatic carbocycles. The third-order valence-corrected chi connectivity index (χ3v) is 6.63. The molecule has 1 aliphatic heterocycles. The number of halogens is 3. The van der Waals surface area contributed by atoms with Gasteiger partial charge in [-0.15, -0.1) is 12.4 Å². The highest BCUT2D eigenvalue weighted by Gasteiger charge is 2.40. The van der Waals surface area contributed by atoms with Gasteiger partial charge in [-0.3, -0.25) is 9.59 Å². The molecule has 0 bridgehead atoms. The summed E-state index contributed by atoms with van der Waals surface area (Å²) in [6, 6.07) is 9.15. The summed E-state index contributed by atoms with van der Waals surface area (Å²) in [4.78, 5) is 28.2. The minimum absolute atomic E-state index is 0. The largest absolute Gasteiger partial charge is 0.348 e. The number of rotatable bonds is 6. The molecule has 2 amide bonds. The lowest BCUT2D eigenvalue weighted by atomic mass is 9.91. The molecule has 0 radical (unpaired) electrons. The van der Waals surface area contributed by atoms with Gasteiger partial charge in [0.25, 0.3) is 5.91 Å². The zero-order valence-corrected chi connectivity index (χ0v) is 19.7. The molecule has 5 nitrogen and oxygen atoms in total. The van der Waals surface area contributed by atoms with E-state index in [9.17, 15) is 18.4 Å². The van der Waals surface area contributed by atoms with E-state index < -0.39 is 35.1 Å². The summed E-state index contributed by atoms with van der Waals surface area (Å²) in [5.74, 6) is -3.16. The van der Waals surface area contributed by atoms with Gasteiger partial charge >= 0.3 is 0 Å². The molecular formula is C25H30ClF2N3O2. The quantitative estimate of drug-likeness (QED) is 0.663. The molecule has 2 atom stereocenters. The molecule has 33 heavy (non-hydrogen) atoms. The molecule has 8 heteroatoms. The summed E-state index contributed by atoms with van der Waals surface area (Å²) in [6.45, 7) is 5.68. The van der Waals surface area contributed by atoms with E-state index in [0.29, 0.717) is 26.1 Å². The van der Waals surface area contributed by atoms with Crippen LogP contribution in [0.4, 0.5) is 8.78 Å². The van der Waals surface area contributed by atoms with Gasteiger partial charge in [0.15, 0.2) is 0 Å². The average Bonchev–Trinajstić information content (AvgIpc) is 3.60. The Bertz CT molecular complexity index is 1010. The minimum Gasteiger partial charge on any atom is -0.348 e. The van der Waals surface area contributed by atoms with Crippen molar-refractivity contribution < 1.29 is 18.4 Å². The molecule has 1 aliphatic carbocycles. The van der Waals surface area contributed by atoms with Crippen molar-refractivity contribution in [3.05, 3.63) is 70.3 Å². The molecule has 2 N–H and O–H groups in total. The normalized spacial score (nSPS) is 20.0. The smallest absolute Gasteiger partial charge is 0.257 e. The van der Waals surface area contributed by atoms with Crippen molar-refractivity contribution in [2.75, 3.05) is 13.1 Å². The zero-order chi connectivity index (χ0) is 22.8. The first-order valence-electron chi connectivity index (χ1n) is 11.2. The number of nitrogens with zero attached hydrogens (tertiary/aromatic N) is 1. The van der Waals surface area contributed by atoms with Crippen molar-refractivity contribution >= 4 is 24.2 Å². The second kappa shape index (κ2) is 10.6. The number of carbonyl (C=O) groups excluding carboxylic acids is 2. The fourth-order valence-corrected chi connectivity index (χ4v) is 4.40. The molecular weight excluding hydrogens is 448 g/mol. The molecule has 4 rings (SSSR count). The molecule has 178 valence electrons. The van der Waals surface area contributed by atoms with Crippen molar-refractivity contribution in [1.29, 1.82) is 0 Å². The fourth-order valence-electron chi connectivity index (χ4n) is 4.40. The van der Waals surface area contributed by atoms with E-state index in [4.69, 9.17) is 0 Å². The van der Waals surface area contributed by atoms with Gasteiger partial charge in [0, 0.05) is 25.2 Å². The van der Waals surface area contributed by atoms with Gasteiger partial charge < -0.3 is 15.5 Å². The van der Waals surface area contributed by atoms with E-state index in [0.717, 1.165) is 30.5 Å². The van der Waals surface area contributed by atoms with Crippen LogP contribution in [0.5, 0.6) is 0 Å². The van der Waals surface area contributed by atoms with Gasteiger partial charge in [-0.05, 0) is 68.5 Å². The van der Waals surface area contributed by atoms with Crippen LogP contribution in [0.25, 0.3) is 0 Å². The number of amides is 2. The van der Waals surface area contributed by atoms with Gasteiger partial charge in [-0.1, -0.05) is 24.3 Å². The summed E-state index contributed by atoms with van der Waals surface area (Å²) >= 11 is 0. The number of piperidine rings is 1. The van der Waals surface area contributed by atoms with Crippen LogP contribution < -0.4 is 10.6 Å². The Kier molecular flexibility index (Phi) is 8.08. The maximum atomic E-state index is 14.1. The highest BCUT2D eigenvalue weighted by molar-refractivity contribution is 5.95. The van der Waals surface area contributed by atoms with Crippen molar-refractivity contribution in [3.63, 3.8) is 0 Å². The topological polar surface area (TPSA) is 61.4 Å². The van der Waals surface area contributed by atoms with E-state index in [1.807, 2.05) is 17.0 Å². The maximum Gasteiger partial charge on any atom is 0.257 e. The third-order valence-electron chi connectivity index (χ3n) is 6.63. The lowest BCUT2D eigenvalue weighted by molar-refractivity contribution is -0.138. The second-order valence-electron chi connectivity index (χ2n) is 8.83. The minimum atomic E-state index is -0.908. The van der Waals surface area contributed by atoms with Crippen molar-refractivity contribution in [2.45, 2.75) is 51.7 Å². The molecule has 2 aromatic rings. The number of benzene rings is 2. The second-order valence-corrected chi connectivity index (χ2v) is 8.83. The molecule has 2 unspecified atom stereocenters. The maximum absolute atomic E-state index is 14.1. The van der Waals surface area contributed by atoms with Gasteiger partial charge in [0.2, 0.25) is 5.91 Å². The van der Waals surface area contributed by atoms with Crippen molar-refractivity contribution in [2.24, 2.45) is 5.92 Å². The summed E-state index contributed by atoms with van der Waals surface area (Å²) in [7, 11) is 0. The Hall–Kier alpha value is -2.51. The first-order valence-corrected chi connectivity index (χ1v) is 11.2. The SMILES string of the molecule is Cc1cccc(CN(C(=O)C2CNCCC2NC(=O)c2c(F)cccc2F)C2CC2)c1C.Cl. The van der Waals surface area contributed by atoms with Crippen LogP contribution in [0.1, 0.15) is 46.3 Å². The van der Waals surface area contributed by atoms with Crippen LogP contribution >= 0.6 is 12.4 Å². The first-order chi connectivity index (χ1) is 15.4. The molecule has 2 fully saturated rings. The zero-order valence-electron chi connectivity index (χ0n) is 18.9. The molecule has 1 saturated carbocycles. The number of nitrogens with one attached hydrogen (secondary N) is 2. The number of hydrogen-bond donors (Lipinski definition) is 2. The van der Waals surface area contributed by atoms with E-state index in [-0.39, 0.29) is 24.4 Å². The lowest BCUT2D eigenvalue weighted by Crippen LogP contribution is -2.55. The highest BCUT2D eigenvalue weighted by atomic mass is 35.5. The van der Waals surface area contributed by atoms with E-state index in [1.54, 1.807) is 0 Å². The Morgan fingerprint density at radius 2 is 1.73 bits per heavy atom. The number of aryl methyl sites for hydroxylation is 1. The Morgan fingerprint density at radius 3 is 2.39 bits per heavy atom. The van der Waals surface area contributed by atoms with Crippen LogP contribution in [-0.4, -0.2) is 41.9 Å². The monoisotopic (exact) mass is 477 g/mol. The van der Waals surface area contributed by atoms with Crippen LogP contribution in [0.3, 0.4) is 0 Å². The molecule has 0 aromatic heterocycles. The van der Waals surface area contributed by atoms with E-state index in [2.05, 4.69) is 30.5 Å². The summed E-state index contributed by atoms with van der Waals surface area (Å²) < 4.78 is 28.2. The van der Waals surface area contributed by atoms with Crippen LogP contribution in [0.2, 0.25) is 0 Å². The summed E-state index contributed by atoms with van der Waals surface area (Å²) in [5, 5.41) is 5.97. The van der Waals surface area contributed by atoms with Crippen LogP contribution in [-0.2, 0) is 11.3 Å². The fraction of sp³-hybridized carbons (Fsp3) is 0.440. The third kappa shape index (κ3) is 5.53. The Labute approximate surface area is 199 Å². The van der Waals surface area contributed by atoms with Gasteiger partial charge in [0.05, 0.1) is 5.92 Å². The standard InChI is InChI=1S/C25H29F2N3O2.ClH/c1-15-5-3-6-17(16(15)2)14-30(18-9-10-18)25(32)19-13-28-12-11-22(19)29-24(31)23-20(26)7-4-8-21(23)27;/h3-8,18-19,22,28H,9-14H2,1-2H3,(H,29,31);1H. The van der Waals surface area contributed by atoms with Crippen molar-refractivity contribution in [3.8, 4) is 0 Å². The number of carbonyl (C=O) groups is 2. The van der Waals surface area contributed by atoms with E-state index >= 15 is 0 Å². The summed E-state index contributed by atoms with van der Waals surface area (Å²) in [6.07, 6.45) is 2.45. The van der Waals surface area contributed by atoms with Crippen molar-refractivity contribution in [1.82, 2.24) is 15.5 Å².